The number of aryl methyl sites for hydroxylation is 1. The summed E-state index contributed by atoms with van der Waals surface area (Å²) >= 11 is 1.52. The van der Waals surface area contributed by atoms with E-state index in [0.717, 1.165) is 10.4 Å². The Balaban J connectivity index is 2.92. The first-order valence-corrected chi connectivity index (χ1v) is 5.89. The molecule has 0 radical (unpaired) electrons. The van der Waals surface area contributed by atoms with Crippen LogP contribution in [-0.4, -0.2) is 11.9 Å². The summed E-state index contributed by atoms with van der Waals surface area (Å²) < 4.78 is 0. The molecule has 1 aromatic heterocycles. The molecule has 0 aliphatic heterocycles. The number of carbonyl (C=O) groups excluding carboxylic acids is 1. The van der Waals surface area contributed by atoms with Crippen LogP contribution in [0.1, 0.15) is 24.3 Å². The third-order valence-electron chi connectivity index (χ3n) is 1.96. The van der Waals surface area contributed by atoms with Crippen LogP contribution < -0.4 is 5.32 Å². The van der Waals surface area contributed by atoms with Crippen molar-refractivity contribution in [2.24, 2.45) is 0 Å². The molecule has 1 aromatic rings. The summed E-state index contributed by atoms with van der Waals surface area (Å²) in [6.07, 6.45) is 1.64. The monoisotopic (exact) mass is 234 g/mol. The van der Waals surface area contributed by atoms with Crippen LogP contribution in [0.4, 0.5) is 0 Å². The molecule has 1 rings (SSSR count). The van der Waals surface area contributed by atoms with Crippen molar-refractivity contribution in [2.75, 3.05) is 0 Å². The molecule has 1 amide bonds. The fourth-order valence-corrected chi connectivity index (χ4v) is 2.01. The van der Waals surface area contributed by atoms with Crippen LogP contribution in [0.25, 0.3) is 6.08 Å². The molecule has 0 bridgehead atoms. The summed E-state index contributed by atoms with van der Waals surface area (Å²) in [5.74, 6) is -0.315. The van der Waals surface area contributed by atoms with Gasteiger partial charge in [0.25, 0.3) is 5.91 Å². The number of nitrogens with zero attached hydrogens (tertiary/aromatic N) is 1. The van der Waals surface area contributed by atoms with Crippen molar-refractivity contribution in [3.63, 3.8) is 0 Å². The van der Waals surface area contributed by atoms with Crippen molar-refractivity contribution in [1.29, 1.82) is 5.26 Å². The number of hydrogen-bond donors (Lipinski definition) is 1. The van der Waals surface area contributed by atoms with Gasteiger partial charge in [-0.25, -0.2) is 0 Å². The molecular weight excluding hydrogens is 220 g/mol. The predicted molar refractivity (Wildman–Crippen MR) is 65.9 cm³/mol. The van der Waals surface area contributed by atoms with E-state index in [4.69, 9.17) is 5.26 Å². The highest BCUT2D eigenvalue weighted by Crippen LogP contribution is 2.18. The van der Waals surface area contributed by atoms with E-state index in [1.807, 2.05) is 38.3 Å². The van der Waals surface area contributed by atoms with Gasteiger partial charge in [-0.15, -0.1) is 11.3 Å². The Kier molecular flexibility index (Phi) is 4.27. The van der Waals surface area contributed by atoms with Gasteiger partial charge in [0.2, 0.25) is 0 Å². The number of rotatable bonds is 3. The summed E-state index contributed by atoms with van der Waals surface area (Å²) in [4.78, 5) is 12.6. The Labute approximate surface area is 99.4 Å². The standard InChI is InChI=1S/C12H14N2OS/c1-8(2)14-12(15)10(7-13)6-11-9(3)4-5-16-11/h4-6,8H,1-3H3,(H,14,15). The van der Waals surface area contributed by atoms with Crippen LogP contribution in [0.15, 0.2) is 17.0 Å². The zero-order chi connectivity index (χ0) is 12.1. The minimum Gasteiger partial charge on any atom is -0.349 e. The van der Waals surface area contributed by atoms with Gasteiger partial charge >= 0.3 is 0 Å². The van der Waals surface area contributed by atoms with Gasteiger partial charge < -0.3 is 5.32 Å². The van der Waals surface area contributed by atoms with Gasteiger partial charge in [0.1, 0.15) is 11.6 Å². The van der Waals surface area contributed by atoms with Crippen LogP contribution in [0.3, 0.4) is 0 Å². The van der Waals surface area contributed by atoms with E-state index in [-0.39, 0.29) is 17.5 Å². The van der Waals surface area contributed by atoms with Crippen molar-refractivity contribution in [3.05, 3.63) is 27.5 Å². The molecule has 1 N–H and O–H groups in total. The van der Waals surface area contributed by atoms with Gasteiger partial charge in [0.05, 0.1) is 0 Å². The van der Waals surface area contributed by atoms with Gasteiger partial charge in [-0.05, 0) is 43.9 Å². The average Bonchev–Trinajstić information content (AvgIpc) is 2.59. The zero-order valence-corrected chi connectivity index (χ0v) is 10.4. The highest BCUT2D eigenvalue weighted by Gasteiger charge is 2.10. The van der Waals surface area contributed by atoms with E-state index in [1.54, 1.807) is 6.08 Å². The maximum absolute atomic E-state index is 11.6. The smallest absolute Gasteiger partial charge is 0.262 e. The molecule has 0 spiro atoms. The second-order valence-corrected chi connectivity index (χ2v) is 4.71. The fourth-order valence-electron chi connectivity index (χ4n) is 1.15. The first-order chi connectivity index (χ1) is 7.54. The topological polar surface area (TPSA) is 52.9 Å². The summed E-state index contributed by atoms with van der Waals surface area (Å²) in [5.41, 5.74) is 1.23. The molecule has 0 unspecified atom stereocenters. The Morgan fingerprint density at radius 3 is 2.75 bits per heavy atom. The average molecular weight is 234 g/mol. The van der Waals surface area contributed by atoms with Crippen molar-refractivity contribution in [1.82, 2.24) is 5.32 Å². The summed E-state index contributed by atoms with van der Waals surface area (Å²) in [7, 11) is 0. The van der Waals surface area contributed by atoms with Crippen LogP contribution >= 0.6 is 11.3 Å². The molecule has 84 valence electrons. The molecule has 4 heteroatoms. The maximum atomic E-state index is 11.6. The molecule has 0 saturated heterocycles. The molecule has 1 heterocycles. The first kappa shape index (κ1) is 12.5. The van der Waals surface area contributed by atoms with Crippen LogP contribution in [0, 0.1) is 18.3 Å². The predicted octanol–water partition coefficient (Wildman–Crippen LogP) is 2.49. The highest BCUT2D eigenvalue weighted by atomic mass is 32.1. The summed E-state index contributed by atoms with van der Waals surface area (Å²) in [6, 6.07) is 3.93. The SMILES string of the molecule is Cc1ccsc1C=C(C#N)C(=O)NC(C)C. The number of nitrogens with one attached hydrogen (secondary N) is 1. The van der Waals surface area contributed by atoms with Gasteiger partial charge in [-0.2, -0.15) is 5.26 Å². The van der Waals surface area contributed by atoms with E-state index >= 15 is 0 Å². The van der Waals surface area contributed by atoms with E-state index in [9.17, 15) is 4.79 Å². The lowest BCUT2D eigenvalue weighted by atomic mass is 10.2. The third-order valence-corrected chi connectivity index (χ3v) is 2.93. The van der Waals surface area contributed by atoms with E-state index < -0.39 is 0 Å². The van der Waals surface area contributed by atoms with Crippen molar-refractivity contribution in [3.8, 4) is 6.07 Å². The number of amides is 1. The molecule has 3 nitrogen and oxygen atoms in total. The van der Waals surface area contributed by atoms with Crippen LogP contribution in [0.5, 0.6) is 0 Å². The molecule has 0 aromatic carbocycles. The first-order valence-electron chi connectivity index (χ1n) is 5.01. The Morgan fingerprint density at radius 2 is 2.31 bits per heavy atom. The maximum Gasteiger partial charge on any atom is 0.262 e. The lowest BCUT2D eigenvalue weighted by Crippen LogP contribution is -2.30. The molecule has 16 heavy (non-hydrogen) atoms. The number of nitriles is 1. The summed E-state index contributed by atoms with van der Waals surface area (Å²) in [5, 5.41) is 13.6. The second kappa shape index (κ2) is 5.47. The second-order valence-electron chi connectivity index (χ2n) is 3.77. The minimum absolute atomic E-state index is 0.0358. The van der Waals surface area contributed by atoms with Crippen LogP contribution in [-0.2, 0) is 4.79 Å². The van der Waals surface area contributed by atoms with Crippen molar-refractivity contribution < 1.29 is 4.79 Å². The third kappa shape index (κ3) is 3.21. The van der Waals surface area contributed by atoms with Gasteiger partial charge in [-0.1, -0.05) is 0 Å². The van der Waals surface area contributed by atoms with E-state index in [0.29, 0.717) is 0 Å². The normalized spacial score (nSPS) is 11.3. The summed E-state index contributed by atoms with van der Waals surface area (Å²) in [6.45, 7) is 5.68. The van der Waals surface area contributed by atoms with Gasteiger partial charge in [0.15, 0.2) is 0 Å². The molecule has 0 atom stereocenters. The molecular formula is C12H14N2OS. The number of carbonyl (C=O) groups is 1. The van der Waals surface area contributed by atoms with E-state index in [1.165, 1.54) is 11.3 Å². The van der Waals surface area contributed by atoms with Gasteiger partial charge in [-0.3, -0.25) is 4.79 Å². The number of hydrogen-bond acceptors (Lipinski definition) is 3. The Bertz CT molecular complexity index is 452. The van der Waals surface area contributed by atoms with Crippen molar-refractivity contribution >= 4 is 23.3 Å². The molecule has 0 saturated carbocycles. The fraction of sp³-hybridized carbons (Fsp3) is 0.333. The highest BCUT2D eigenvalue weighted by molar-refractivity contribution is 7.11. The molecule has 0 aliphatic carbocycles. The molecule has 0 aliphatic rings. The largest absolute Gasteiger partial charge is 0.349 e. The minimum atomic E-state index is -0.315. The van der Waals surface area contributed by atoms with E-state index in [2.05, 4.69) is 5.32 Å². The quantitative estimate of drug-likeness (QED) is 0.645. The number of thiophene rings is 1. The Morgan fingerprint density at radius 1 is 1.62 bits per heavy atom. The zero-order valence-electron chi connectivity index (χ0n) is 9.57. The lowest BCUT2D eigenvalue weighted by molar-refractivity contribution is -0.117. The van der Waals surface area contributed by atoms with Crippen molar-refractivity contribution in [2.45, 2.75) is 26.8 Å². The lowest BCUT2D eigenvalue weighted by Gasteiger charge is -2.06. The van der Waals surface area contributed by atoms with Crippen LogP contribution in [0.2, 0.25) is 0 Å². The van der Waals surface area contributed by atoms with Gasteiger partial charge in [0, 0.05) is 10.9 Å². The molecule has 0 fully saturated rings. The Hall–Kier alpha value is -1.60.